The number of nitrogens with zero attached hydrogens (tertiary/aromatic N) is 3. The summed E-state index contributed by atoms with van der Waals surface area (Å²) in [7, 11) is 1.39. The van der Waals surface area contributed by atoms with Crippen molar-refractivity contribution in [3.8, 4) is 0 Å². The zero-order chi connectivity index (χ0) is 16.7. The molecule has 0 spiro atoms. The molecule has 0 aromatic carbocycles. The van der Waals surface area contributed by atoms with Gasteiger partial charge in [-0.2, -0.15) is 0 Å². The predicted octanol–water partition coefficient (Wildman–Crippen LogP) is 1.95. The molecule has 0 N–H and O–H groups in total. The van der Waals surface area contributed by atoms with E-state index in [4.69, 9.17) is 4.74 Å². The van der Waals surface area contributed by atoms with Crippen molar-refractivity contribution in [2.24, 2.45) is 5.92 Å². The van der Waals surface area contributed by atoms with Gasteiger partial charge in [-0.3, -0.25) is 9.78 Å². The van der Waals surface area contributed by atoms with Crippen LogP contribution in [0.1, 0.15) is 25.3 Å². The molecule has 1 saturated heterocycles. The van der Waals surface area contributed by atoms with Crippen molar-refractivity contribution in [3.05, 3.63) is 30.1 Å². The van der Waals surface area contributed by atoms with Crippen LogP contribution >= 0.6 is 0 Å². The summed E-state index contributed by atoms with van der Waals surface area (Å²) in [5.74, 6) is 0.208. The first-order valence-electron chi connectivity index (χ1n) is 8.16. The molecule has 1 aliphatic heterocycles. The standard InChI is InChI=1S/C17H25N3O3/c1-3-19(11-6-14-4-9-18-10-5-14)16(21)15-7-12-20(13-8-15)17(22)23-2/h4-5,9-10,15H,3,6-8,11-13H2,1-2H3. The quantitative estimate of drug-likeness (QED) is 0.832. The predicted molar refractivity (Wildman–Crippen MR) is 86.9 cm³/mol. The van der Waals surface area contributed by atoms with Crippen LogP contribution in [0.4, 0.5) is 4.79 Å². The SMILES string of the molecule is CCN(CCc1ccncc1)C(=O)C1CCN(C(=O)OC)CC1. The fourth-order valence-electron chi connectivity index (χ4n) is 2.93. The maximum atomic E-state index is 12.7. The van der Waals surface area contributed by atoms with Gasteiger partial charge in [0, 0.05) is 44.5 Å². The van der Waals surface area contributed by atoms with Crippen LogP contribution in [0.3, 0.4) is 0 Å². The second-order valence-corrected chi connectivity index (χ2v) is 5.75. The van der Waals surface area contributed by atoms with E-state index in [0.717, 1.165) is 13.0 Å². The Kier molecular flexibility index (Phi) is 6.38. The zero-order valence-corrected chi connectivity index (χ0v) is 13.9. The summed E-state index contributed by atoms with van der Waals surface area (Å²) < 4.78 is 4.73. The molecule has 1 fully saturated rings. The number of hydrogen-bond acceptors (Lipinski definition) is 4. The number of amides is 2. The molecule has 0 aliphatic carbocycles. The monoisotopic (exact) mass is 319 g/mol. The fourth-order valence-corrected chi connectivity index (χ4v) is 2.93. The minimum Gasteiger partial charge on any atom is -0.453 e. The second-order valence-electron chi connectivity index (χ2n) is 5.75. The number of rotatable bonds is 5. The molecule has 126 valence electrons. The summed E-state index contributed by atoms with van der Waals surface area (Å²) in [6, 6.07) is 3.96. The van der Waals surface area contributed by atoms with E-state index in [-0.39, 0.29) is 17.9 Å². The highest BCUT2D eigenvalue weighted by Gasteiger charge is 2.29. The van der Waals surface area contributed by atoms with Crippen LogP contribution in [-0.2, 0) is 16.0 Å². The summed E-state index contributed by atoms with van der Waals surface area (Å²) in [6.07, 6.45) is 5.50. The van der Waals surface area contributed by atoms with Crippen molar-refractivity contribution in [1.82, 2.24) is 14.8 Å². The van der Waals surface area contributed by atoms with Gasteiger partial charge in [0.1, 0.15) is 0 Å². The smallest absolute Gasteiger partial charge is 0.409 e. The van der Waals surface area contributed by atoms with Crippen molar-refractivity contribution in [1.29, 1.82) is 0 Å². The molecule has 2 rings (SSSR count). The average molecular weight is 319 g/mol. The minimum atomic E-state index is -0.305. The molecule has 0 atom stereocenters. The lowest BCUT2D eigenvalue weighted by molar-refractivity contribution is -0.136. The van der Waals surface area contributed by atoms with Gasteiger partial charge in [-0.25, -0.2) is 4.79 Å². The molecule has 0 radical (unpaired) electrons. The number of piperidine rings is 1. The van der Waals surface area contributed by atoms with E-state index >= 15 is 0 Å². The molecule has 1 aliphatic rings. The van der Waals surface area contributed by atoms with E-state index in [1.807, 2.05) is 24.0 Å². The van der Waals surface area contributed by atoms with Gasteiger partial charge >= 0.3 is 6.09 Å². The third-order valence-electron chi connectivity index (χ3n) is 4.39. The van der Waals surface area contributed by atoms with Crippen LogP contribution in [0.15, 0.2) is 24.5 Å². The maximum absolute atomic E-state index is 12.7. The molecular formula is C17H25N3O3. The van der Waals surface area contributed by atoms with Crippen molar-refractivity contribution >= 4 is 12.0 Å². The molecule has 6 nitrogen and oxygen atoms in total. The topological polar surface area (TPSA) is 62.7 Å². The van der Waals surface area contributed by atoms with E-state index in [9.17, 15) is 9.59 Å². The number of ether oxygens (including phenoxy) is 1. The number of carbonyl (C=O) groups is 2. The summed E-state index contributed by atoms with van der Waals surface area (Å²) in [5.41, 5.74) is 1.19. The van der Waals surface area contributed by atoms with Crippen molar-refractivity contribution in [2.45, 2.75) is 26.2 Å². The number of likely N-dealkylation sites (N-methyl/N-ethyl adjacent to an activating group) is 1. The largest absolute Gasteiger partial charge is 0.453 e. The summed E-state index contributed by atoms with van der Waals surface area (Å²) in [4.78, 5) is 31.8. The Hall–Kier alpha value is -2.11. The van der Waals surface area contributed by atoms with Gasteiger partial charge in [-0.1, -0.05) is 0 Å². The Balaban J connectivity index is 1.84. The van der Waals surface area contributed by atoms with Gasteiger partial charge in [-0.15, -0.1) is 0 Å². The maximum Gasteiger partial charge on any atom is 0.409 e. The fraction of sp³-hybridized carbons (Fsp3) is 0.588. The first-order chi connectivity index (χ1) is 11.2. The molecule has 0 unspecified atom stereocenters. The van der Waals surface area contributed by atoms with Gasteiger partial charge in [0.25, 0.3) is 0 Å². The van der Waals surface area contributed by atoms with Crippen LogP contribution in [-0.4, -0.2) is 60.1 Å². The molecule has 6 heteroatoms. The lowest BCUT2D eigenvalue weighted by Crippen LogP contribution is -2.44. The zero-order valence-electron chi connectivity index (χ0n) is 13.9. The van der Waals surface area contributed by atoms with Crippen LogP contribution in [0.2, 0.25) is 0 Å². The third kappa shape index (κ3) is 4.68. The molecule has 0 bridgehead atoms. The van der Waals surface area contributed by atoms with Gasteiger partial charge < -0.3 is 14.5 Å². The number of pyridine rings is 1. The van der Waals surface area contributed by atoms with Gasteiger partial charge in [0.15, 0.2) is 0 Å². The number of aromatic nitrogens is 1. The highest BCUT2D eigenvalue weighted by molar-refractivity contribution is 5.79. The van der Waals surface area contributed by atoms with Crippen molar-refractivity contribution in [3.63, 3.8) is 0 Å². The summed E-state index contributed by atoms with van der Waals surface area (Å²) in [5, 5.41) is 0. The van der Waals surface area contributed by atoms with Crippen LogP contribution in [0.25, 0.3) is 0 Å². The van der Waals surface area contributed by atoms with E-state index in [2.05, 4.69) is 4.98 Å². The normalized spacial score (nSPS) is 15.3. The highest BCUT2D eigenvalue weighted by Crippen LogP contribution is 2.20. The average Bonchev–Trinajstić information content (AvgIpc) is 2.62. The van der Waals surface area contributed by atoms with E-state index in [0.29, 0.717) is 32.5 Å². The van der Waals surface area contributed by atoms with Gasteiger partial charge in [-0.05, 0) is 43.9 Å². The summed E-state index contributed by atoms with van der Waals surface area (Å²) >= 11 is 0. The Bertz CT molecular complexity index is 513. The first kappa shape index (κ1) is 17.2. The van der Waals surface area contributed by atoms with Crippen molar-refractivity contribution in [2.75, 3.05) is 33.3 Å². The number of carbonyl (C=O) groups excluding carboxylic acids is 2. The van der Waals surface area contributed by atoms with E-state index in [1.54, 1.807) is 17.3 Å². The van der Waals surface area contributed by atoms with Crippen LogP contribution in [0, 0.1) is 5.92 Å². The molecule has 1 aromatic rings. The summed E-state index contributed by atoms with van der Waals surface area (Å²) in [6.45, 7) is 4.61. The van der Waals surface area contributed by atoms with E-state index in [1.165, 1.54) is 12.7 Å². The lowest BCUT2D eigenvalue weighted by Gasteiger charge is -2.33. The Labute approximate surface area is 137 Å². The van der Waals surface area contributed by atoms with Crippen LogP contribution in [0.5, 0.6) is 0 Å². The van der Waals surface area contributed by atoms with E-state index < -0.39 is 0 Å². The van der Waals surface area contributed by atoms with Gasteiger partial charge in [0.05, 0.1) is 7.11 Å². The molecule has 2 amide bonds. The number of likely N-dealkylation sites (tertiary alicyclic amines) is 1. The Morgan fingerprint density at radius 2 is 1.96 bits per heavy atom. The third-order valence-corrected chi connectivity index (χ3v) is 4.39. The first-order valence-corrected chi connectivity index (χ1v) is 8.16. The molecule has 0 saturated carbocycles. The lowest BCUT2D eigenvalue weighted by atomic mass is 9.95. The molecule has 2 heterocycles. The molecule has 1 aromatic heterocycles. The number of methoxy groups -OCH3 is 1. The molecule has 23 heavy (non-hydrogen) atoms. The molecular weight excluding hydrogens is 294 g/mol. The van der Waals surface area contributed by atoms with Gasteiger partial charge in [0.2, 0.25) is 5.91 Å². The Morgan fingerprint density at radius 3 is 2.52 bits per heavy atom. The highest BCUT2D eigenvalue weighted by atomic mass is 16.5. The number of hydrogen-bond donors (Lipinski definition) is 0. The van der Waals surface area contributed by atoms with Crippen molar-refractivity contribution < 1.29 is 14.3 Å². The van der Waals surface area contributed by atoms with Crippen LogP contribution < -0.4 is 0 Å². The Morgan fingerprint density at radius 1 is 1.30 bits per heavy atom. The second kappa shape index (κ2) is 8.50. The minimum absolute atomic E-state index is 0.00768.